The molecule has 2 aromatic rings. The Morgan fingerprint density at radius 2 is 1.79 bits per heavy atom. The molecular formula is C18H22N4O2. The van der Waals surface area contributed by atoms with Gasteiger partial charge in [0.05, 0.1) is 7.11 Å². The minimum Gasteiger partial charge on any atom is -0.480 e. The van der Waals surface area contributed by atoms with Gasteiger partial charge in [-0.3, -0.25) is 9.69 Å². The molecule has 0 radical (unpaired) electrons. The van der Waals surface area contributed by atoms with Crippen molar-refractivity contribution in [2.45, 2.75) is 6.42 Å². The second-order valence-corrected chi connectivity index (χ2v) is 5.83. The molecule has 1 aromatic heterocycles. The Morgan fingerprint density at radius 3 is 2.42 bits per heavy atom. The number of amides is 1. The van der Waals surface area contributed by atoms with E-state index in [0.29, 0.717) is 11.6 Å². The highest BCUT2D eigenvalue weighted by atomic mass is 16.5. The second-order valence-electron chi connectivity index (χ2n) is 5.83. The van der Waals surface area contributed by atoms with Gasteiger partial charge in [-0.05, 0) is 18.1 Å². The maximum Gasteiger partial charge on any atom is 0.274 e. The lowest BCUT2D eigenvalue weighted by Crippen LogP contribution is -2.49. The van der Waals surface area contributed by atoms with Crippen molar-refractivity contribution >= 4 is 5.91 Å². The van der Waals surface area contributed by atoms with E-state index in [9.17, 15) is 4.79 Å². The highest BCUT2D eigenvalue weighted by Crippen LogP contribution is 2.10. The fourth-order valence-electron chi connectivity index (χ4n) is 2.81. The summed E-state index contributed by atoms with van der Waals surface area (Å²) >= 11 is 0. The van der Waals surface area contributed by atoms with Crippen LogP contribution in [-0.2, 0) is 6.42 Å². The van der Waals surface area contributed by atoms with Crippen LogP contribution in [0.4, 0.5) is 0 Å². The summed E-state index contributed by atoms with van der Waals surface area (Å²) in [5, 5.41) is 7.80. The Balaban J connectivity index is 1.48. The first-order chi connectivity index (χ1) is 11.8. The maximum atomic E-state index is 12.4. The summed E-state index contributed by atoms with van der Waals surface area (Å²) in [5.74, 6) is 0.352. The van der Waals surface area contributed by atoms with Gasteiger partial charge in [0.1, 0.15) is 0 Å². The van der Waals surface area contributed by atoms with Crippen LogP contribution in [0.25, 0.3) is 0 Å². The third-order valence-corrected chi connectivity index (χ3v) is 4.29. The number of ether oxygens (including phenoxy) is 1. The third kappa shape index (κ3) is 4.08. The third-order valence-electron chi connectivity index (χ3n) is 4.29. The van der Waals surface area contributed by atoms with E-state index in [1.54, 1.807) is 12.1 Å². The van der Waals surface area contributed by atoms with Crippen LogP contribution in [0.1, 0.15) is 16.1 Å². The number of aromatic nitrogens is 2. The van der Waals surface area contributed by atoms with Crippen LogP contribution in [0.5, 0.6) is 5.88 Å². The Kier molecular flexibility index (Phi) is 5.38. The smallest absolute Gasteiger partial charge is 0.274 e. The summed E-state index contributed by atoms with van der Waals surface area (Å²) in [6.45, 7) is 4.25. The van der Waals surface area contributed by atoms with Crippen LogP contribution in [0.2, 0.25) is 0 Å². The molecule has 0 aliphatic carbocycles. The number of benzene rings is 1. The normalized spacial score (nSPS) is 15.3. The Hall–Kier alpha value is -2.47. The average molecular weight is 326 g/mol. The number of methoxy groups -OCH3 is 1. The molecule has 0 spiro atoms. The summed E-state index contributed by atoms with van der Waals surface area (Å²) in [4.78, 5) is 16.7. The van der Waals surface area contributed by atoms with Crippen LogP contribution < -0.4 is 4.74 Å². The highest BCUT2D eigenvalue weighted by molar-refractivity contribution is 5.92. The van der Waals surface area contributed by atoms with Gasteiger partial charge in [0.15, 0.2) is 5.69 Å². The summed E-state index contributed by atoms with van der Waals surface area (Å²) < 4.78 is 4.97. The lowest BCUT2D eigenvalue weighted by molar-refractivity contribution is 0.0631. The lowest BCUT2D eigenvalue weighted by Gasteiger charge is -2.34. The van der Waals surface area contributed by atoms with E-state index in [1.165, 1.54) is 12.7 Å². The SMILES string of the molecule is COc1ccc(C(=O)N2CCN(CCc3ccccc3)CC2)nn1. The summed E-state index contributed by atoms with van der Waals surface area (Å²) in [6.07, 6.45) is 1.04. The van der Waals surface area contributed by atoms with Gasteiger partial charge in [0.25, 0.3) is 5.91 Å². The Morgan fingerprint density at radius 1 is 1.04 bits per heavy atom. The van der Waals surface area contributed by atoms with E-state index < -0.39 is 0 Å². The summed E-state index contributed by atoms with van der Waals surface area (Å²) in [6, 6.07) is 13.8. The van der Waals surface area contributed by atoms with Crippen LogP contribution in [-0.4, -0.2) is 65.7 Å². The maximum absolute atomic E-state index is 12.4. The van der Waals surface area contributed by atoms with Gasteiger partial charge >= 0.3 is 0 Å². The van der Waals surface area contributed by atoms with Gasteiger partial charge in [-0.15, -0.1) is 10.2 Å². The molecule has 126 valence electrons. The molecule has 0 atom stereocenters. The largest absolute Gasteiger partial charge is 0.480 e. The predicted octanol–water partition coefficient (Wildman–Crippen LogP) is 1.49. The first-order valence-electron chi connectivity index (χ1n) is 8.19. The fourth-order valence-corrected chi connectivity index (χ4v) is 2.81. The lowest BCUT2D eigenvalue weighted by atomic mass is 10.1. The fraction of sp³-hybridized carbons (Fsp3) is 0.389. The van der Waals surface area contributed by atoms with E-state index in [1.807, 2.05) is 11.0 Å². The van der Waals surface area contributed by atoms with Gasteiger partial charge in [0.2, 0.25) is 5.88 Å². The standard InChI is InChI=1S/C18H22N4O2/c1-24-17-8-7-16(19-20-17)18(23)22-13-11-21(12-14-22)10-9-15-5-3-2-4-6-15/h2-8H,9-14H2,1H3. The predicted molar refractivity (Wildman–Crippen MR) is 91.1 cm³/mol. The van der Waals surface area contributed by atoms with E-state index in [4.69, 9.17) is 4.74 Å². The van der Waals surface area contributed by atoms with Gasteiger partial charge in [-0.1, -0.05) is 30.3 Å². The second kappa shape index (κ2) is 7.88. The zero-order chi connectivity index (χ0) is 16.8. The van der Waals surface area contributed by atoms with Gasteiger partial charge in [-0.2, -0.15) is 0 Å². The molecule has 1 amide bonds. The molecule has 1 aliphatic rings. The first kappa shape index (κ1) is 16.4. The van der Waals surface area contributed by atoms with Crippen LogP contribution in [0.15, 0.2) is 42.5 Å². The molecule has 2 heterocycles. The molecule has 3 rings (SSSR count). The molecular weight excluding hydrogens is 304 g/mol. The molecule has 0 N–H and O–H groups in total. The van der Waals surface area contributed by atoms with Crippen molar-refractivity contribution in [3.05, 3.63) is 53.7 Å². The molecule has 1 fully saturated rings. The van der Waals surface area contributed by atoms with Crippen molar-refractivity contribution in [3.8, 4) is 5.88 Å². The quantitative estimate of drug-likeness (QED) is 0.833. The summed E-state index contributed by atoms with van der Waals surface area (Å²) in [7, 11) is 1.53. The summed E-state index contributed by atoms with van der Waals surface area (Å²) in [5.41, 5.74) is 1.72. The van der Waals surface area contributed by atoms with Crippen molar-refractivity contribution in [1.82, 2.24) is 20.0 Å². The van der Waals surface area contributed by atoms with Crippen molar-refractivity contribution < 1.29 is 9.53 Å². The molecule has 1 aromatic carbocycles. The van der Waals surface area contributed by atoms with E-state index in [2.05, 4.69) is 39.4 Å². The number of piperazine rings is 1. The molecule has 0 bridgehead atoms. The number of rotatable bonds is 5. The van der Waals surface area contributed by atoms with E-state index in [0.717, 1.165) is 39.1 Å². The van der Waals surface area contributed by atoms with E-state index >= 15 is 0 Å². The minimum atomic E-state index is -0.0622. The molecule has 1 saturated heterocycles. The Labute approximate surface area is 142 Å². The molecule has 6 heteroatoms. The number of carbonyl (C=O) groups is 1. The molecule has 0 saturated carbocycles. The minimum absolute atomic E-state index is 0.0622. The molecule has 24 heavy (non-hydrogen) atoms. The highest BCUT2D eigenvalue weighted by Gasteiger charge is 2.23. The topological polar surface area (TPSA) is 58.6 Å². The number of hydrogen-bond donors (Lipinski definition) is 0. The van der Waals surface area contributed by atoms with Crippen molar-refractivity contribution in [3.63, 3.8) is 0 Å². The monoisotopic (exact) mass is 326 g/mol. The first-order valence-corrected chi connectivity index (χ1v) is 8.19. The van der Waals surface area contributed by atoms with Gasteiger partial charge in [0, 0.05) is 38.8 Å². The number of nitrogens with zero attached hydrogens (tertiary/aromatic N) is 4. The van der Waals surface area contributed by atoms with Gasteiger partial charge in [-0.25, -0.2) is 0 Å². The molecule has 6 nitrogen and oxygen atoms in total. The van der Waals surface area contributed by atoms with Crippen LogP contribution in [0.3, 0.4) is 0 Å². The number of carbonyl (C=O) groups excluding carboxylic acids is 1. The van der Waals surface area contributed by atoms with E-state index in [-0.39, 0.29) is 5.91 Å². The van der Waals surface area contributed by atoms with Crippen LogP contribution >= 0.6 is 0 Å². The molecule has 0 unspecified atom stereocenters. The average Bonchev–Trinajstić information content (AvgIpc) is 2.67. The van der Waals surface area contributed by atoms with Crippen molar-refractivity contribution in [2.75, 3.05) is 39.8 Å². The van der Waals surface area contributed by atoms with Crippen LogP contribution in [0, 0.1) is 0 Å². The number of hydrogen-bond acceptors (Lipinski definition) is 5. The van der Waals surface area contributed by atoms with Gasteiger partial charge < -0.3 is 9.64 Å². The van der Waals surface area contributed by atoms with Crippen molar-refractivity contribution in [1.29, 1.82) is 0 Å². The Bertz CT molecular complexity index is 652. The zero-order valence-corrected chi connectivity index (χ0v) is 13.9. The zero-order valence-electron chi connectivity index (χ0n) is 13.9. The molecule has 1 aliphatic heterocycles. The van der Waals surface area contributed by atoms with Crippen molar-refractivity contribution in [2.24, 2.45) is 0 Å².